The molecule has 0 aliphatic carbocycles. The van der Waals surface area contributed by atoms with Gasteiger partial charge in [-0.1, -0.05) is 60.7 Å². The van der Waals surface area contributed by atoms with Crippen LogP contribution in [0, 0.1) is 6.92 Å². The predicted molar refractivity (Wildman–Crippen MR) is 148 cm³/mol. The molecule has 6 N–H and O–H groups in total. The number of hydrogen-bond donors (Lipinski definition) is 4. The summed E-state index contributed by atoms with van der Waals surface area (Å²) in [6.07, 6.45) is -5.32. The first-order chi connectivity index (χ1) is 19.8. The third kappa shape index (κ3) is 7.99. The van der Waals surface area contributed by atoms with E-state index in [0.29, 0.717) is 0 Å². The molecule has 1 amide bonds. The Labute approximate surface area is 238 Å². The van der Waals surface area contributed by atoms with E-state index in [1.165, 1.54) is 6.92 Å². The molecular weight excluding hydrogens is 559 g/mol. The van der Waals surface area contributed by atoms with Crippen LogP contribution in [0.5, 0.6) is 5.88 Å². The number of nitrogens with zero attached hydrogens (tertiary/aromatic N) is 3. The van der Waals surface area contributed by atoms with E-state index >= 15 is 0 Å². The summed E-state index contributed by atoms with van der Waals surface area (Å²) in [7, 11) is 0. The zero-order valence-corrected chi connectivity index (χ0v) is 22.8. The largest absolute Gasteiger partial charge is 0.491 e. The molecule has 0 atom stereocenters. The highest BCUT2D eigenvalue weighted by Gasteiger charge is 2.42. The number of anilines is 1. The molecule has 3 aromatic rings. The maximum absolute atomic E-state index is 13.4. The third-order valence-electron chi connectivity index (χ3n) is 6.21. The highest BCUT2D eigenvalue weighted by molar-refractivity contribution is 5.78. The van der Waals surface area contributed by atoms with Crippen LogP contribution >= 0.6 is 0 Å². The minimum absolute atomic E-state index is 0.0535. The van der Waals surface area contributed by atoms with Crippen molar-refractivity contribution in [3.8, 4) is 5.88 Å². The van der Waals surface area contributed by atoms with Crippen molar-refractivity contribution in [2.24, 2.45) is 16.6 Å². The Morgan fingerprint density at radius 1 is 1.02 bits per heavy atom. The van der Waals surface area contributed by atoms with Crippen LogP contribution in [-0.4, -0.2) is 53.3 Å². The minimum atomic E-state index is -5.32. The van der Waals surface area contributed by atoms with E-state index in [1.54, 1.807) is 0 Å². The van der Waals surface area contributed by atoms with E-state index in [2.05, 4.69) is 25.5 Å². The van der Waals surface area contributed by atoms with Crippen molar-refractivity contribution in [3.05, 3.63) is 87.8 Å². The number of guanidine groups is 1. The highest BCUT2D eigenvalue weighted by Crippen LogP contribution is 2.32. The first-order valence-electron chi connectivity index (χ1n) is 12.6. The Bertz CT molecular complexity index is 1440. The second-order valence-electron chi connectivity index (χ2n) is 9.25. The number of benzene rings is 2. The van der Waals surface area contributed by atoms with Gasteiger partial charge in [0.05, 0.1) is 12.2 Å². The summed E-state index contributed by atoms with van der Waals surface area (Å²) < 4.78 is 44.4. The molecule has 0 saturated heterocycles. The summed E-state index contributed by atoms with van der Waals surface area (Å²) in [5.41, 5.74) is 10.2. The molecule has 0 aliphatic rings. The van der Waals surface area contributed by atoms with E-state index in [9.17, 15) is 27.6 Å². The third-order valence-corrected chi connectivity index (χ3v) is 6.21. The number of nitrogens with two attached hydrogens (primary N) is 2. The Morgan fingerprint density at radius 2 is 1.60 bits per heavy atom. The number of halogens is 3. The van der Waals surface area contributed by atoms with Gasteiger partial charge in [0.2, 0.25) is 17.7 Å². The number of carbonyl (C=O) groups is 2. The van der Waals surface area contributed by atoms with Gasteiger partial charge in [0.25, 0.3) is 5.56 Å². The number of hydrogen-bond acceptors (Lipinski definition) is 8. The van der Waals surface area contributed by atoms with Crippen LogP contribution < -0.4 is 32.4 Å². The van der Waals surface area contributed by atoms with Crippen molar-refractivity contribution >= 4 is 23.7 Å². The SMILES string of the molecule is Cc1c(OC(=O)C(F)(F)F)nc(NCC(C)(c2ccccc2)c2ccccc2)c(=O)n1CC(=O)NCCON=C(N)N. The van der Waals surface area contributed by atoms with Gasteiger partial charge in [0.1, 0.15) is 13.2 Å². The van der Waals surface area contributed by atoms with Crippen molar-refractivity contribution in [2.75, 3.05) is 25.0 Å². The monoisotopic (exact) mass is 589 g/mol. The Balaban J connectivity index is 1.96. The van der Waals surface area contributed by atoms with Crippen LogP contribution in [-0.2, 0) is 26.4 Å². The molecule has 0 unspecified atom stereocenters. The molecule has 12 nitrogen and oxygen atoms in total. The number of alkyl halides is 3. The molecule has 0 saturated carbocycles. The first kappa shape index (κ1) is 31.4. The highest BCUT2D eigenvalue weighted by atomic mass is 19.4. The average molecular weight is 590 g/mol. The van der Waals surface area contributed by atoms with E-state index in [0.717, 1.165) is 15.7 Å². The molecule has 2 aromatic carbocycles. The number of rotatable bonds is 12. The number of aromatic nitrogens is 2. The molecule has 42 heavy (non-hydrogen) atoms. The van der Waals surface area contributed by atoms with Crippen LogP contribution in [0.1, 0.15) is 23.7 Å². The van der Waals surface area contributed by atoms with Crippen LogP contribution in [0.15, 0.2) is 70.6 Å². The van der Waals surface area contributed by atoms with Gasteiger partial charge in [0, 0.05) is 12.0 Å². The maximum atomic E-state index is 13.4. The lowest BCUT2D eigenvalue weighted by molar-refractivity contribution is -0.190. The smallest absolute Gasteiger partial charge is 0.399 e. The fourth-order valence-electron chi connectivity index (χ4n) is 3.97. The fourth-order valence-corrected chi connectivity index (χ4v) is 3.97. The number of oxime groups is 1. The van der Waals surface area contributed by atoms with E-state index in [-0.39, 0.29) is 31.3 Å². The Morgan fingerprint density at radius 3 is 2.12 bits per heavy atom. The van der Waals surface area contributed by atoms with Crippen LogP contribution in [0.3, 0.4) is 0 Å². The molecule has 15 heteroatoms. The molecule has 0 spiro atoms. The van der Waals surface area contributed by atoms with Crippen LogP contribution in [0.25, 0.3) is 0 Å². The van der Waals surface area contributed by atoms with Crippen molar-refractivity contribution in [2.45, 2.75) is 32.0 Å². The first-order valence-corrected chi connectivity index (χ1v) is 12.6. The van der Waals surface area contributed by atoms with Gasteiger partial charge in [-0.15, -0.1) is 0 Å². The van der Waals surface area contributed by atoms with Gasteiger partial charge in [-0.2, -0.15) is 18.2 Å². The van der Waals surface area contributed by atoms with Gasteiger partial charge in [-0.25, -0.2) is 4.79 Å². The summed E-state index contributed by atoms with van der Waals surface area (Å²) in [5, 5.41) is 8.66. The fraction of sp³-hybridized carbons (Fsp3) is 0.296. The van der Waals surface area contributed by atoms with Crippen LogP contribution in [0.2, 0.25) is 0 Å². The second kappa shape index (κ2) is 13.5. The quantitative estimate of drug-likeness (QED) is 0.0806. The van der Waals surface area contributed by atoms with Gasteiger partial charge in [-0.05, 0) is 30.1 Å². The summed E-state index contributed by atoms with van der Waals surface area (Å²) in [5.74, 6) is -4.76. The molecule has 224 valence electrons. The lowest BCUT2D eigenvalue weighted by Gasteiger charge is -2.31. The Hall–Kier alpha value is -5.08. The van der Waals surface area contributed by atoms with Gasteiger partial charge >= 0.3 is 12.1 Å². The Kier molecular flexibility index (Phi) is 10.1. The van der Waals surface area contributed by atoms with Crippen molar-refractivity contribution in [1.82, 2.24) is 14.9 Å². The van der Waals surface area contributed by atoms with Gasteiger partial charge in [0.15, 0.2) is 5.82 Å². The van der Waals surface area contributed by atoms with Gasteiger partial charge in [-0.3, -0.25) is 14.2 Å². The normalized spacial score (nSPS) is 11.4. The van der Waals surface area contributed by atoms with Gasteiger partial charge < -0.3 is 31.7 Å². The minimum Gasteiger partial charge on any atom is -0.399 e. The van der Waals surface area contributed by atoms with Crippen molar-refractivity contribution < 1.29 is 32.3 Å². The summed E-state index contributed by atoms with van der Waals surface area (Å²) >= 11 is 0. The number of ether oxygens (including phenoxy) is 1. The summed E-state index contributed by atoms with van der Waals surface area (Å²) in [4.78, 5) is 46.3. The number of nitrogens with one attached hydrogen (secondary N) is 2. The maximum Gasteiger partial charge on any atom is 0.491 e. The number of amides is 1. The second-order valence-corrected chi connectivity index (χ2v) is 9.25. The zero-order chi connectivity index (χ0) is 30.9. The average Bonchev–Trinajstić information content (AvgIpc) is 2.96. The summed E-state index contributed by atoms with van der Waals surface area (Å²) in [6, 6.07) is 18.7. The molecule has 0 bridgehead atoms. The number of esters is 1. The lowest BCUT2D eigenvalue weighted by Crippen LogP contribution is -2.39. The molecule has 0 radical (unpaired) electrons. The van der Waals surface area contributed by atoms with E-state index < -0.39 is 47.3 Å². The standard InChI is InChI=1S/C27H30F3N7O5/c1-17-22(42-24(40)27(28,29)30)35-21(23(39)37(17)15-20(38)33-13-14-41-36-25(31)32)34-16-26(2,18-9-5-3-6-10-18)19-11-7-4-8-12-19/h3-12H,13-16H2,1-2H3,(H,33,38)(H,34,35)(H4,31,32,36). The molecule has 0 fully saturated rings. The molecule has 1 heterocycles. The topological polar surface area (TPSA) is 176 Å². The molecular formula is C27H30F3N7O5. The van der Waals surface area contributed by atoms with Crippen molar-refractivity contribution in [1.29, 1.82) is 0 Å². The molecule has 1 aromatic heterocycles. The van der Waals surface area contributed by atoms with Crippen molar-refractivity contribution in [3.63, 3.8) is 0 Å². The summed E-state index contributed by atoms with van der Waals surface area (Å²) in [6.45, 7) is 2.39. The number of carbonyl (C=O) groups excluding carboxylic acids is 2. The predicted octanol–water partition coefficient (Wildman–Crippen LogP) is 1.76. The van der Waals surface area contributed by atoms with Crippen LogP contribution in [0.4, 0.5) is 19.0 Å². The molecule has 3 rings (SSSR count). The zero-order valence-electron chi connectivity index (χ0n) is 22.8. The lowest BCUT2D eigenvalue weighted by atomic mass is 9.76. The molecule has 0 aliphatic heterocycles. The van der Waals surface area contributed by atoms with E-state index in [4.69, 9.17) is 16.3 Å². The van der Waals surface area contributed by atoms with E-state index in [1.807, 2.05) is 67.6 Å².